The molecular weight excluding hydrogens is 391 g/mol. The third-order valence-electron chi connectivity index (χ3n) is 4.83. The molecule has 2 heterocycles. The van der Waals surface area contributed by atoms with Crippen LogP contribution in [0.1, 0.15) is 30.4 Å². The van der Waals surface area contributed by atoms with E-state index in [-0.39, 0.29) is 22.8 Å². The maximum absolute atomic E-state index is 12.7. The number of alkyl halides is 3. The molecule has 1 fully saturated rings. The summed E-state index contributed by atoms with van der Waals surface area (Å²) in [7, 11) is 0. The van der Waals surface area contributed by atoms with Gasteiger partial charge in [0.25, 0.3) is 0 Å². The van der Waals surface area contributed by atoms with Crippen LogP contribution in [0, 0.1) is 0 Å². The first-order valence-corrected chi connectivity index (χ1v) is 9.51. The summed E-state index contributed by atoms with van der Waals surface area (Å²) < 4.78 is 38.1. The summed E-state index contributed by atoms with van der Waals surface area (Å²) in [6.45, 7) is 1.20. The summed E-state index contributed by atoms with van der Waals surface area (Å²) in [5, 5.41) is 3.04. The molecular formula is C20H21ClF3N3O. The molecule has 0 aliphatic carbocycles. The van der Waals surface area contributed by atoms with Crippen molar-refractivity contribution < 1.29 is 18.0 Å². The zero-order valence-corrected chi connectivity index (χ0v) is 15.9. The zero-order valence-electron chi connectivity index (χ0n) is 15.2. The molecule has 1 amide bonds. The summed E-state index contributed by atoms with van der Waals surface area (Å²) in [6, 6.07) is 10.8. The Bertz CT molecular complexity index is 806. The van der Waals surface area contributed by atoms with Crippen LogP contribution in [-0.2, 0) is 17.4 Å². The predicted molar refractivity (Wildman–Crippen MR) is 102 cm³/mol. The molecule has 2 aromatic rings. The van der Waals surface area contributed by atoms with Gasteiger partial charge in [0.15, 0.2) is 0 Å². The fourth-order valence-electron chi connectivity index (χ4n) is 3.22. The molecule has 150 valence electrons. The van der Waals surface area contributed by atoms with Crippen molar-refractivity contribution in [1.29, 1.82) is 0 Å². The van der Waals surface area contributed by atoms with Crippen molar-refractivity contribution in [2.75, 3.05) is 18.4 Å². The average Bonchev–Trinajstić information content (AvgIpc) is 2.68. The molecule has 1 aromatic carbocycles. The average molecular weight is 412 g/mol. The minimum absolute atomic E-state index is 0.0138. The number of pyridine rings is 1. The summed E-state index contributed by atoms with van der Waals surface area (Å²) in [6.07, 6.45) is -1.14. The summed E-state index contributed by atoms with van der Waals surface area (Å²) in [5.74, 6) is 0.358. The first kappa shape index (κ1) is 20.5. The molecule has 0 atom stereocenters. The van der Waals surface area contributed by atoms with Crippen LogP contribution >= 0.6 is 11.6 Å². The third-order valence-corrected chi connectivity index (χ3v) is 5.12. The smallest absolute Gasteiger partial charge is 0.366 e. The van der Waals surface area contributed by atoms with Crippen molar-refractivity contribution >= 4 is 23.3 Å². The van der Waals surface area contributed by atoms with Gasteiger partial charge in [0.2, 0.25) is 5.91 Å². The van der Waals surface area contributed by atoms with Gasteiger partial charge in [0.1, 0.15) is 5.82 Å². The maximum atomic E-state index is 12.7. The number of rotatable bonds is 5. The lowest BCUT2D eigenvalue weighted by Crippen LogP contribution is -2.42. The van der Waals surface area contributed by atoms with E-state index in [0.29, 0.717) is 38.8 Å². The van der Waals surface area contributed by atoms with E-state index >= 15 is 0 Å². The Hall–Kier alpha value is -2.28. The van der Waals surface area contributed by atoms with Gasteiger partial charge in [-0.05, 0) is 30.9 Å². The number of nitrogens with zero attached hydrogens (tertiary/aromatic N) is 2. The van der Waals surface area contributed by atoms with Crippen molar-refractivity contribution in [2.45, 2.75) is 37.9 Å². The third kappa shape index (κ3) is 5.38. The molecule has 8 heteroatoms. The van der Waals surface area contributed by atoms with Gasteiger partial charge in [0, 0.05) is 31.7 Å². The van der Waals surface area contributed by atoms with Crippen molar-refractivity contribution in [1.82, 2.24) is 9.88 Å². The Kier molecular flexibility index (Phi) is 6.44. The number of carbonyl (C=O) groups is 1. The normalized spacial score (nSPS) is 15.5. The SMILES string of the molecule is O=C(CCc1ccccc1)N1CCC(Nc2ncc(C(F)(F)F)cc2Cl)CC1. The van der Waals surface area contributed by atoms with Gasteiger partial charge in [-0.1, -0.05) is 41.9 Å². The number of hydrogen-bond donors (Lipinski definition) is 1. The van der Waals surface area contributed by atoms with Crippen LogP contribution in [0.15, 0.2) is 42.6 Å². The molecule has 0 saturated carbocycles. The topological polar surface area (TPSA) is 45.2 Å². The maximum Gasteiger partial charge on any atom is 0.417 e. The number of halogens is 4. The van der Waals surface area contributed by atoms with Crippen LogP contribution in [-0.4, -0.2) is 34.9 Å². The van der Waals surface area contributed by atoms with Crippen molar-refractivity contribution in [2.24, 2.45) is 0 Å². The highest BCUT2D eigenvalue weighted by molar-refractivity contribution is 6.33. The van der Waals surface area contributed by atoms with Gasteiger partial charge in [-0.25, -0.2) is 4.98 Å². The highest BCUT2D eigenvalue weighted by Gasteiger charge is 2.32. The van der Waals surface area contributed by atoms with Gasteiger partial charge >= 0.3 is 6.18 Å². The van der Waals surface area contributed by atoms with Gasteiger partial charge in [0.05, 0.1) is 10.6 Å². The highest BCUT2D eigenvalue weighted by atomic mass is 35.5. The molecule has 1 aromatic heterocycles. The lowest BCUT2D eigenvalue weighted by atomic mass is 10.0. The summed E-state index contributed by atoms with van der Waals surface area (Å²) >= 11 is 5.94. The Labute approximate surface area is 166 Å². The largest absolute Gasteiger partial charge is 0.417 e. The number of amides is 1. The van der Waals surface area contributed by atoms with Gasteiger partial charge < -0.3 is 10.2 Å². The van der Waals surface area contributed by atoms with Gasteiger partial charge in [-0.15, -0.1) is 0 Å². The first-order valence-electron chi connectivity index (χ1n) is 9.14. The lowest BCUT2D eigenvalue weighted by molar-refractivity contribution is -0.137. The first-order chi connectivity index (χ1) is 13.3. The predicted octanol–water partition coefficient (Wildman–Crippen LogP) is 4.79. The van der Waals surface area contributed by atoms with Crippen LogP contribution in [0.5, 0.6) is 0 Å². The quantitative estimate of drug-likeness (QED) is 0.769. The number of nitrogens with one attached hydrogen (secondary N) is 1. The molecule has 1 aliphatic heterocycles. The minimum atomic E-state index is -4.47. The second kappa shape index (κ2) is 8.82. The summed E-state index contributed by atoms with van der Waals surface area (Å²) in [5.41, 5.74) is 0.261. The van der Waals surface area contributed by atoms with E-state index in [2.05, 4.69) is 10.3 Å². The Morgan fingerprint density at radius 3 is 2.50 bits per heavy atom. The van der Waals surface area contributed by atoms with Crippen molar-refractivity contribution in [3.63, 3.8) is 0 Å². The Morgan fingerprint density at radius 2 is 1.89 bits per heavy atom. The van der Waals surface area contributed by atoms with Gasteiger partial charge in [-0.2, -0.15) is 13.2 Å². The Morgan fingerprint density at radius 1 is 1.21 bits per heavy atom. The standard InChI is InChI=1S/C20H21ClF3N3O/c21-17-12-15(20(22,23)24)13-25-19(17)26-16-8-10-27(11-9-16)18(28)7-6-14-4-2-1-3-5-14/h1-5,12-13,16H,6-11H2,(H,25,26). The molecule has 3 rings (SSSR count). The number of carbonyl (C=O) groups excluding carboxylic acids is 1. The van der Waals surface area contributed by atoms with Crippen molar-refractivity contribution in [3.05, 3.63) is 58.7 Å². The van der Waals surface area contributed by atoms with Crippen LogP contribution < -0.4 is 5.32 Å². The molecule has 0 spiro atoms. The molecule has 1 N–H and O–H groups in total. The van der Waals surface area contributed by atoms with E-state index in [0.717, 1.165) is 17.8 Å². The fraction of sp³-hybridized carbons (Fsp3) is 0.400. The van der Waals surface area contributed by atoms with Crippen LogP contribution in [0.3, 0.4) is 0 Å². The van der Waals surface area contributed by atoms with E-state index in [1.807, 2.05) is 35.2 Å². The lowest BCUT2D eigenvalue weighted by Gasteiger charge is -2.33. The second-order valence-electron chi connectivity index (χ2n) is 6.84. The van der Waals surface area contributed by atoms with Crippen LogP contribution in [0.25, 0.3) is 0 Å². The number of benzene rings is 1. The van der Waals surface area contributed by atoms with E-state index in [1.54, 1.807) is 0 Å². The van der Waals surface area contributed by atoms with E-state index < -0.39 is 11.7 Å². The molecule has 0 unspecified atom stereocenters. The molecule has 28 heavy (non-hydrogen) atoms. The number of hydrogen-bond acceptors (Lipinski definition) is 3. The molecule has 1 saturated heterocycles. The number of aryl methyl sites for hydroxylation is 1. The zero-order chi connectivity index (χ0) is 20.1. The van der Waals surface area contributed by atoms with Crippen LogP contribution in [0.4, 0.5) is 19.0 Å². The number of likely N-dealkylation sites (tertiary alicyclic amines) is 1. The number of anilines is 1. The minimum Gasteiger partial charge on any atom is -0.366 e. The second-order valence-corrected chi connectivity index (χ2v) is 7.24. The van der Waals surface area contributed by atoms with Crippen LogP contribution in [0.2, 0.25) is 5.02 Å². The van der Waals surface area contributed by atoms with E-state index in [1.165, 1.54) is 0 Å². The highest BCUT2D eigenvalue weighted by Crippen LogP contribution is 2.32. The molecule has 1 aliphatic rings. The van der Waals surface area contributed by atoms with E-state index in [4.69, 9.17) is 11.6 Å². The Balaban J connectivity index is 1.48. The van der Waals surface area contributed by atoms with E-state index in [9.17, 15) is 18.0 Å². The van der Waals surface area contributed by atoms with Gasteiger partial charge in [-0.3, -0.25) is 4.79 Å². The molecule has 0 bridgehead atoms. The number of aromatic nitrogens is 1. The monoisotopic (exact) mass is 411 g/mol. The van der Waals surface area contributed by atoms with Crippen molar-refractivity contribution in [3.8, 4) is 0 Å². The molecule has 4 nitrogen and oxygen atoms in total. The number of piperidine rings is 1. The summed E-state index contributed by atoms with van der Waals surface area (Å²) in [4.78, 5) is 18.0. The fourth-order valence-corrected chi connectivity index (χ4v) is 3.44. The molecule has 0 radical (unpaired) electrons.